The summed E-state index contributed by atoms with van der Waals surface area (Å²) < 4.78 is 21.8. The highest BCUT2D eigenvalue weighted by molar-refractivity contribution is 5.84. The number of methoxy groups -OCH3 is 2. The first-order chi connectivity index (χ1) is 13.4. The Balaban J connectivity index is 1.94. The van der Waals surface area contributed by atoms with Crippen molar-refractivity contribution in [2.75, 3.05) is 14.2 Å². The third-order valence-electron chi connectivity index (χ3n) is 3.66. The second-order valence-corrected chi connectivity index (χ2v) is 6.25. The predicted molar refractivity (Wildman–Crippen MR) is 108 cm³/mol. The van der Waals surface area contributed by atoms with Gasteiger partial charge in [-0.3, -0.25) is 4.79 Å². The van der Waals surface area contributed by atoms with Crippen LogP contribution in [-0.2, 0) is 4.79 Å². The van der Waals surface area contributed by atoms with E-state index in [-0.39, 0.29) is 12.0 Å². The lowest BCUT2D eigenvalue weighted by Crippen LogP contribution is -2.33. The van der Waals surface area contributed by atoms with E-state index >= 15 is 0 Å². The van der Waals surface area contributed by atoms with Crippen LogP contribution in [0, 0.1) is 0 Å². The summed E-state index contributed by atoms with van der Waals surface area (Å²) in [6.45, 7) is 5.53. The van der Waals surface area contributed by atoms with Gasteiger partial charge in [0.05, 0.1) is 26.5 Å². The van der Waals surface area contributed by atoms with Gasteiger partial charge in [0, 0.05) is 6.07 Å². The number of carbonyl (C=O) groups excluding carboxylic acids is 1. The molecule has 0 spiro atoms. The largest absolute Gasteiger partial charge is 0.497 e. The summed E-state index contributed by atoms with van der Waals surface area (Å²) in [4.78, 5) is 12.2. The van der Waals surface area contributed by atoms with Crippen molar-refractivity contribution < 1.29 is 23.7 Å². The molecule has 0 aliphatic rings. The van der Waals surface area contributed by atoms with Gasteiger partial charge in [0.25, 0.3) is 5.91 Å². The van der Waals surface area contributed by atoms with Gasteiger partial charge in [-0.2, -0.15) is 5.10 Å². The lowest BCUT2D eigenvalue weighted by molar-refractivity contribution is -0.127. The smallest absolute Gasteiger partial charge is 0.280 e. The van der Waals surface area contributed by atoms with Crippen molar-refractivity contribution in [3.05, 3.63) is 48.0 Å². The fourth-order valence-corrected chi connectivity index (χ4v) is 2.31. The summed E-state index contributed by atoms with van der Waals surface area (Å²) >= 11 is 0. The molecule has 7 nitrogen and oxygen atoms in total. The van der Waals surface area contributed by atoms with E-state index in [1.807, 2.05) is 19.9 Å². The monoisotopic (exact) mass is 386 g/mol. The van der Waals surface area contributed by atoms with Crippen LogP contribution in [0.5, 0.6) is 23.0 Å². The van der Waals surface area contributed by atoms with E-state index in [2.05, 4.69) is 10.5 Å². The Labute approximate surface area is 165 Å². The molecule has 1 atom stereocenters. The lowest BCUT2D eigenvalue weighted by atomic mass is 10.2. The van der Waals surface area contributed by atoms with Crippen LogP contribution in [-0.4, -0.2) is 38.5 Å². The topological polar surface area (TPSA) is 78.4 Å². The van der Waals surface area contributed by atoms with E-state index in [0.717, 1.165) is 5.56 Å². The molecule has 1 unspecified atom stereocenters. The van der Waals surface area contributed by atoms with E-state index in [4.69, 9.17) is 18.9 Å². The summed E-state index contributed by atoms with van der Waals surface area (Å²) in [7, 11) is 3.14. The number of nitrogens with one attached hydrogen (secondary N) is 1. The number of rotatable bonds is 9. The highest BCUT2D eigenvalue weighted by Gasteiger charge is 2.14. The number of nitrogens with zero attached hydrogens (tertiary/aromatic N) is 1. The summed E-state index contributed by atoms with van der Waals surface area (Å²) in [5.41, 5.74) is 3.23. The van der Waals surface area contributed by atoms with Crippen LogP contribution in [0.4, 0.5) is 0 Å². The Kier molecular flexibility index (Phi) is 7.68. The average molecular weight is 386 g/mol. The van der Waals surface area contributed by atoms with Crippen LogP contribution in [0.2, 0.25) is 0 Å². The van der Waals surface area contributed by atoms with Crippen LogP contribution >= 0.6 is 0 Å². The Morgan fingerprint density at radius 3 is 2.39 bits per heavy atom. The van der Waals surface area contributed by atoms with Crippen molar-refractivity contribution in [1.82, 2.24) is 5.43 Å². The molecule has 7 heteroatoms. The first kappa shape index (κ1) is 21.1. The van der Waals surface area contributed by atoms with Crippen LogP contribution in [0.3, 0.4) is 0 Å². The Morgan fingerprint density at radius 1 is 0.964 bits per heavy atom. The summed E-state index contributed by atoms with van der Waals surface area (Å²) in [5, 5.41) is 3.98. The third-order valence-corrected chi connectivity index (χ3v) is 3.66. The van der Waals surface area contributed by atoms with Gasteiger partial charge >= 0.3 is 0 Å². The first-order valence-electron chi connectivity index (χ1n) is 8.91. The second-order valence-electron chi connectivity index (χ2n) is 6.25. The van der Waals surface area contributed by atoms with Crippen molar-refractivity contribution in [2.24, 2.45) is 5.10 Å². The summed E-state index contributed by atoms with van der Waals surface area (Å²) in [6, 6.07) is 12.5. The van der Waals surface area contributed by atoms with Crippen molar-refractivity contribution in [3.8, 4) is 23.0 Å². The highest BCUT2D eigenvalue weighted by atomic mass is 16.5. The zero-order valence-electron chi connectivity index (χ0n) is 16.8. The Hall–Kier alpha value is -3.22. The maximum Gasteiger partial charge on any atom is 0.280 e. The van der Waals surface area contributed by atoms with Gasteiger partial charge in [-0.15, -0.1) is 0 Å². The molecule has 2 rings (SSSR count). The average Bonchev–Trinajstić information content (AvgIpc) is 2.68. The first-order valence-corrected chi connectivity index (χ1v) is 8.91. The van der Waals surface area contributed by atoms with Gasteiger partial charge in [-0.05, 0) is 56.7 Å². The third kappa shape index (κ3) is 6.19. The SMILES string of the molecule is COc1cccc(OC(C)C(=O)N/N=C/c2ccc(OC(C)C)c(OC)c2)c1. The molecule has 0 saturated heterocycles. The minimum Gasteiger partial charge on any atom is -0.497 e. The predicted octanol–water partition coefficient (Wildman–Crippen LogP) is 3.41. The molecule has 0 heterocycles. The molecule has 0 radical (unpaired) electrons. The number of amides is 1. The quantitative estimate of drug-likeness (QED) is 0.528. The molecule has 0 saturated carbocycles. The van der Waals surface area contributed by atoms with Crippen LogP contribution in [0.25, 0.3) is 0 Å². The Bertz CT molecular complexity index is 820. The molecule has 28 heavy (non-hydrogen) atoms. The fraction of sp³-hybridized carbons (Fsp3) is 0.333. The number of benzene rings is 2. The number of carbonyl (C=O) groups is 1. The molecule has 0 aromatic heterocycles. The van der Waals surface area contributed by atoms with Gasteiger partial charge in [-0.25, -0.2) is 5.43 Å². The van der Waals surface area contributed by atoms with Gasteiger partial charge < -0.3 is 18.9 Å². The van der Waals surface area contributed by atoms with Gasteiger partial charge in [0.2, 0.25) is 0 Å². The highest BCUT2D eigenvalue weighted by Crippen LogP contribution is 2.28. The molecule has 2 aromatic carbocycles. The number of hydrazone groups is 1. The van der Waals surface area contributed by atoms with Crippen molar-refractivity contribution in [3.63, 3.8) is 0 Å². The van der Waals surface area contributed by atoms with Crippen molar-refractivity contribution >= 4 is 12.1 Å². The maximum atomic E-state index is 12.2. The zero-order chi connectivity index (χ0) is 20.5. The number of hydrogen-bond donors (Lipinski definition) is 1. The van der Waals surface area contributed by atoms with Crippen molar-refractivity contribution in [2.45, 2.75) is 33.0 Å². The number of ether oxygens (including phenoxy) is 4. The van der Waals surface area contributed by atoms with E-state index < -0.39 is 6.10 Å². The lowest BCUT2D eigenvalue weighted by Gasteiger charge is -2.14. The van der Waals surface area contributed by atoms with E-state index in [1.54, 1.807) is 57.5 Å². The molecule has 1 N–H and O–H groups in total. The van der Waals surface area contributed by atoms with E-state index in [9.17, 15) is 4.79 Å². The molecule has 2 aromatic rings. The molecular weight excluding hydrogens is 360 g/mol. The molecule has 1 amide bonds. The minimum absolute atomic E-state index is 0.0405. The maximum absolute atomic E-state index is 12.2. The zero-order valence-corrected chi connectivity index (χ0v) is 16.8. The molecule has 0 aliphatic heterocycles. The normalized spacial score (nSPS) is 11.9. The molecule has 0 bridgehead atoms. The molecule has 0 aliphatic carbocycles. The molecule has 0 fully saturated rings. The molecule has 150 valence electrons. The van der Waals surface area contributed by atoms with Gasteiger partial charge in [-0.1, -0.05) is 6.07 Å². The standard InChI is InChI=1S/C21H26N2O5/c1-14(2)27-19-10-9-16(11-20(19)26-5)13-22-23-21(24)15(3)28-18-8-6-7-17(12-18)25-4/h6-15H,1-5H3,(H,23,24)/b22-13+. The summed E-state index contributed by atoms with van der Waals surface area (Å²) in [6.07, 6.45) is 0.845. The second kappa shape index (κ2) is 10.2. The van der Waals surface area contributed by atoms with Crippen LogP contribution in [0.1, 0.15) is 26.3 Å². The van der Waals surface area contributed by atoms with Gasteiger partial charge in [0.1, 0.15) is 11.5 Å². The van der Waals surface area contributed by atoms with E-state index in [1.165, 1.54) is 6.21 Å². The van der Waals surface area contributed by atoms with Gasteiger partial charge in [0.15, 0.2) is 17.6 Å². The van der Waals surface area contributed by atoms with Crippen molar-refractivity contribution in [1.29, 1.82) is 0 Å². The minimum atomic E-state index is -0.722. The van der Waals surface area contributed by atoms with Crippen LogP contribution in [0.15, 0.2) is 47.6 Å². The molecular formula is C21H26N2O5. The Morgan fingerprint density at radius 2 is 1.71 bits per heavy atom. The fourth-order valence-electron chi connectivity index (χ4n) is 2.31. The van der Waals surface area contributed by atoms with E-state index in [0.29, 0.717) is 23.0 Å². The van der Waals surface area contributed by atoms with Crippen LogP contribution < -0.4 is 24.4 Å². The summed E-state index contributed by atoms with van der Waals surface area (Å²) in [5.74, 6) is 2.07. The number of hydrogen-bond acceptors (Lipinski definition) is 6.